The predicted molar refractivity (Wildman–Crippen MR) is 61.2 cm³/mol. The standard InChI is InChI=1S/C11H19N3O3/c1-7(2)9(6-15)13-10(16)4-5-11-12-8(3)14-17-11/h7,9,15H,4-6H2,1-3H3,(H,13,16). The molecule has 6 nitrogen and oxygen atoms in total. The molecule has 0 spiro atoms. The molecule has 1 amide bonds. The van der Waals surface area contributed by atoms with Crippen LogP contribution in [0.3, 0.4) is 0 Å². The quantitative estimate of drug-likeness (QED) is 0.754. The van der Waals surface area contributed by atoms with Crippen molar-refractivity contribution in [1.29, 1.82) is 0 Å². The van der Waals surface area contributed by atoms with Gasteiger partial charge in [0, 0.05) is 12.8 Å². The lowest BCUT2D eigenvalue weighted by atomic mass is 10.1. The zero-order chi connectivity index (χ0) is 12.8. The first-order valence-corrected chi connectivity index (χ1v) is 5.72. The zero-order valence-corrected chi connectivity index (χ0v) is 10.4. The van der Waals surface area contributed by atoms with E-state index < -0.39 is 0 Å². The van der Waals surface area contributed by atoms with Gasteiger partial charge in [0.15, 0.2) is 5.82 Å². The first kappa shape index (κ1) is 13.6. The van der Waals surface area contributed by atoms with Gasteiger partial charge in [-0.1, -0.05) is 19.0 Å². The van der Waals surface area contributed by atoms with Gasteiger partial charge < -0.3 is 14.9 Å². The van der Waals surface area contributed by atoms with Gasteiger partial charge in [-0.3, -0.25) is 4.79 Å². The highest BCUT2D eigenvalue weighted by Crippen LogP contribution is 2.03. The van der Waals surface area contributed by atoms with E-state index in [1.165, 1.54) is 0 Å². The van der Waals surface area contributed by atoms with Crippen LogP contribution in [0.1, 0.15) is 32.0 Å². The number of amides is 1. The third-order valence-corrected chi connectivity index (χ3v) is 2.48. The Hall–Kier alpha value is -1.43. The van der Waals surface area contributed by atoms with Crippen molar-refractivity contribution >= 4 is 5.91 Å². The third kappa shape index (κ3) is 4.52. The molecule has 0 bridgehead atoms. The first-order chi connectivity index (χ1) is 8.02. The van der Waals surface area contributed by atoms with Gasteiger partial charge in [0.1, 0.15) is 0 Å². The molecule has 0 radical (unpaired) electrons. The second kappa shape index (κ2) is 6.34. The Bertz CT molecular complexity index is 363. The summed E-state index contributed by atoms with van der Waals surface area (Å²) < 4.78 is 4.90. The van der Waals surface area contributed by atoms with Crippen LogP contribution < -0.4 is 5.32 Å². The lowest BCUT2D eigenvalue weighted by molar-refractivity contribution is -0.122. The van der Waals surface area contributed by atoms with E-state index in [2.05, 4.69) is 15.5 Å². The highest BCUT2D eigenvalue weighted by atomic mass is 16.5. The van der Waals surface area contributed by atoms with Crippen molar-refractivity contribution in [3.05, 3.63) is 11.7 Å². The smallest absolute Gasteiger partial charge is 0.227 e. The fourth-order valence-corrected chi connectivity index (χ4v) is 1.36. The van der Waals surface area contributed by atoms with Crippen molar-refractivity contribution in [2.45, 2.75) is 39.7 Å². The molecule has 6 heteroatoms. The van der Waals surface area contributed by atoms with Crippen molar-refractivity contribution in [2.24, 2.45) is 5.92 Å². The van der Waals surface area contributed by atoms with Crippen LogP contribution in [0.5, 0.6) is 0 Å². The average molecular weight is 241 g/mol. The van der Waals surface area contributed by atoms with E-state index in [0.717, 1.165) is 0 Å². The van der Waals surface area contributed by atoms with Crippen LogP contribution in [-0.4, -0.2) is 33.8 Å². The molecule has 0 aliphatic carbocycles. The molecule has 17 heavy (non-hydrogen) atoms. The van der Waals surface area contributed by atoms with E-state index in [1.807, 2.05) is 13.8 Å². The van der Waals surface area contributed by atoms with Gasteiger partial charge in [0.05, 0.1) is 12.6 Å². The van der Waals surface area contributed by atoms with Crippen LogP contribution >= 0.6 is 0 Å². The SMILES string of the molecule is Cc1noc(CCC(=O)NC(CO)C(C)C)n1. The number of aliphatic hydroxyl groups excluding tert-OH is 1. The van der Waals surface area contributed by atoms with Gasteiger partial charge in [-0.05, 0) is 12.8 Å². The van der Waals surface area contributed by atoms with Crippen LogP contribution in [0.2, 0.25) is 0 Å². The van der Waals surface area contributed by atoms with Crippen LogP contribution in [-0.2, 0) is 11.2 Å². The van der Waals surface area contributed by atoms with Gasteiger partial charge >= 0.3 is 0 Å². The summed E-state index contributed by atoms with van der Waals surface area (Å²) in [5.41, 5.74) is 0. The van der Waals surface area contributed by atoms with Gasteiger partial charge in [0.25, 0.3) is 0 Å². The highest BCUT2D eigenvalue weighted by Gasteiger charge is 2.15. The van der Waals surface area contributed by atoms with Crippen molar-refractivity contribution in [3.8, 4) is 0 Å². The van der Waals surface area contributed by atoms with E-state index >= 15 is 0 Å². The number of rotatable bonds is 6. The molecule has 0 aliphatic rings. The van der Waals surface area contributed by atoms with Crippen LogP contribution in [0.25, 0.3) is 0 Å². The third-order valence-electron chi connectivity index (χ3n) is 2.48. The number of aryl methyl sites for hydroxylation is 2. The molecule has 0 saturated carbocycles. The lowest BCUT2D eigenvalue weighted by Gasteiger charge is -2.19. The lowest BCUT2D eigenvalue weighted by Crippen LogP contribution is -2.41. The fourth-order valence-electron chi connectivity index (χ4n) is 1.36. The summed E-state index contributed by atoms with van der Waals surface area (Å²) in [6.07, 6.45) is 0.702. The van der Waals surface area contributed by atoms with Gasteiger partial charge in [-0.15, -0.1) is 0 Å². The number of hydrogen-bond acceptors (Lipinski definition) is 5. The monoisotopic (exact) mass is 241 g/mol. The maximum Gasteiger partial charge on any atom is 0.227 e. The van der Waals surface area contributed by atoms with E-state index in [1.54, 1.807) is 6.92 Å². The van der Waals surface area contributed by atoms with Crippen molar-refractivity contribution < 1.29 is 14.4 Å². The summed E-state index contributed by atoms with van der Waals surface area (Å²) in [6, 6.07) is -0.202. The molecule has 1 unspecified atom stereocenters. The van der Waals surface area contributed by atoms with Crippen molar-refractivity contribution in [3.63, 3.8) is 0 Å². The maximum absolute atomic E-state index is 11.6. The molecule has 0 aliphatic heterocycles. The van der Waals surface area contributed by atoms with Crippen molar-refractivity contribution in [2.75, 3.05) is 6.61 Å². The molecule has 0 aromatic carbocycles. The molecule has 1 aromatic rings. The maximum atomic E-state index is 11.6. The fraction of sp³-hybridized carbons (Fsp3) is 0.727. The minimum atomic E-state index is -0.202. The Labute approximate surface area is 100 Å². The summed E-state index contributed by atoms with van der Waals surface area (Å²) in [5, 5.41) is 15.5. The highest BCUT2D eigenvalue weighted by molar-refractivity contribution is 5.76. The molecule has 2 N–H and O–H groups in total. The van der Waals surface area contributed by atoms with Crippen LogP contribution in [0, 0.1) is 12.8 Å². The largest absolute Gasteiger partial charge is 0.394 e. The molecule has 1 atom stereocenters. The van der Waals surface area contributed by atoms with E-state index in [0.29, 0.717) is 18.1 Å². The Morgan fingerprint density at radius 2 is 2.24 bits per heavy atom. The summed E-state index contributed by atoms with van der Waals surface area (Å²) in [6.45, 7) is 5.57. The number of hydrogen-bond donors (Lipinski definition) is 2. The Kier molecular flexibility index (Phi) is 5.09. The predicted octanol–water partition coefficient (Wildman–Crippen LogP) is 0.444. The molecule has 0 saturated heterocycles. The molecular weight excluding hydrogens is 222 g/mol. The van der Waals surface area contributed by atoms with Crippen molar-refractivity contribution in [1.82, 2.24) is 15.5 Å². The summed E-state index contributed by atoms with van der Waals surface area (Å²) >= 11 is 0. The van der Waals surface area contributed by atoms with E-state index in [-0.39, 0.29) is 30.9 Å². The number of aromatic nitrogens is 2. The van der Waals surface area contributed by atoms with Gasteiger partial charge in [-0.2, -0.15) is 4.98 Å². The molecule has 1 heterocycles. The molecule has 0 fully saturated rings. The zero-order valence-electron chi connectivity index (χ0n) is 10.4. The number of aliphatic hydroxyl groups is 1. The normalized spacial score (nSPS) is 12.8. The summed E-state index contributed by atoms with van der Waals surface area (Å²) in [5.74, 6) is 1.11. The average Bonchev–Trinajstić information content (AvgIpc) is 2.68. The molecular formula is C11H19N3O3. The Morgan fingerprint density at radius 3 is 2.71 bits per heavy atom. The topological polar surface area (TPSA) is 88.2 Å². The minimum absolute atomic E-state index is 0.0525. The number of nitrogens with one attached hydrogen (secondary N) is 1. The van der Waals surface area contributed by atoms with Gasteiger partial charge in [0.2, 0.25) is 11.8 Å². The molecule has 1 rings (SSSR count). The van der Waals surface area contributed by atoms with Crippen LogP contribution in [0.4, 0.5) is 0 Å². The van der Waals surface area contributed by atoms with Gasteiger partial charge in [-0.25, -0.2) is 0 Å². The number of carbonyl (C=O) groups is 1. The Balaban J connectivity index is 2.34. The summed E-state index contributed by atoms with van der Waals surface area (Å²) in [4.78, 5) is 15.6. The summed E-state index contributed by atoms with van der Waals surface area (Å²) in [7, 11) is 0. The molecule has 96 valence electrons. The van der Waals surface area contributed by atoms with E-state index in [9.17, 15) is 4.79 Å². The number of nitrogens with zero attached hydrogens (tertiary/aromatic N) is 2. The molecule has 1 aromatic heterocycles. The number of carbonyl (C=O) groups excluding carboxylic acids is 1. The first-order valence-electron chi connectivity index (χ1n) is 5.72. The second-order valence-corrected chi connectivity index (χ2v) is 4.34. The van der Waals surface area contributed by atoms with Crippen LogP contribution in [0.15, 0.2) is 4.52 Å². The second-order valence-electron chi connectivity index (χ2n) is 4.34. The Morgan fingerprint density at radius 1 is 1.53 bits per heavy atom. The minimum Gasteiger partial charge on any atom is -0.394 e. The van der Waals surface area contributed by atoms with E-state index in [4.69, 9.17) is 9.63 Å².